The lowest BCUT2D eigenvalue weighted by atomic mass is 10.2. The fourth-order valence-electron chi connectivity index (χ4n) is 2.39. The molecule has 0 aromatic heterocycles. The van der Waals surface area contributed by atoms with Gasteiger partial charge in [-0.3, -0.25) is 15.4 Å². The molecule has 2 atom stereocenters. The van der Waals surface area contributed by atoms with E-state index in [-0.39, 0.29) is 29.8 Å². The molecular weight excluding hydrogens is 425 g/mol. The second-order valence-electron chi connectivity index (χ2n) is 5.64. The molecule has 2 N–H and O–H groups in total. The van der Waals surface area contributed by atoms with Crippen molar-refractivity contribution in [1.29, 1.82) is 0 Å². The maximum absolute atomic E-state index is 12.0. The predicted octanol–water partition coefficient (Wildman–Crippen LogP) is 3.62. The number of amides is 1. The van der Waals surface area contributed by atoms with Gasteiger partial charge in [0.2, 0.25) is 3.79 Å². The van der Waals surface area contributed by atoms with Gasteiger partial charge < -0.3 is 19.5 Å². The van der Waals surface area contributed by atoms with Gasteiger partial charge in [0.1, 0.15) is 12.8 Å². The quantitative estimate of drug-likeness (QED) is 0.287. The van der Waals surface area contributed by atoms with Crippen LogP contribution in [0.1, 0.15) is 12.8 Å². The second-order valence-corrected chi connectivity index (χ2v) is 8.01. The maximum atomic E-state index is 12.0. The van der Waals surface area contributed by atoms with Crippen LogP contribution in [-0.4, -0.2) is 47.4 Å². The number of rotatable bonds is 7. The summed E-state index contributed by atoms with van der Waals surface area (Å²) in [6, 6.07) is 4.06. The number of carbonyl (C=O) groups excluding carboxylic acids is 1. The number of nitro groups is 1. The molecule has 1 heterocycles. The molecule has 0 saturated carbocycles. The molecule has 0 unspecified atom stereocenters. The Balaban J connectivity index is 2.04. The van der Waals surface area contributed by atoms with E-state index in [4.69, 9.17) is 49.0 Å². The van der Waals surface area contributed by atoms with Crippen molar-refractivity contribution in [2.45, 2.75) is 28.9 Å². The zero-order valence-corrected chi connectivity index (χ0v) is 16.5. The lowest BCUT2D eigenvalue weighted by Crippen LogP contribution is -2.49. The topological polar surface area (TPSA) is 112 Å². The van der Waals surface area contributed by atoms with Crippen LogP contribution in [0.5, 0.6) is 5.75 Å². The van der Waals surface area contributed by atoms with Crippen LogP contribution >= 0.6 is 34.8 Å². The monoisotopic (exact) mass is 441 g/mol. The lowest BCUT2D eigenvalue weighted by Gasteiger charge is -2.27. The van der Waals surface area contributed by atoms with E-state index in [0.29, 0.717) is 6.61 Å². The van der Waals surface area contributed by atoms with E-state index < -0.39 is 21.0 Å². The Labute approximate surface area is 170 Å². The predicted molar refractivity (Wildman–Crippen MR) is 101 cm³/mol. The van der Waals surface area contributed by atoms with Gasteiger partial charge in [-0.2, -0.15) is 0 Å². The number of alkyl carbamates (subject to hydrolysis) is 1. The van der Waals surface area contributed by atoms with E-state index in [1.54, 1.807) is 0 Å². The van der Waals surface area contributed by atoms with Gasteiger partial charge in [-0.1, -0.05) is 34.8 Å². The number of nitro benzene ring substituents is 1. The molecule has 2 rings (SSSR count). The SMILES string of the molecule is COc1ccc(N[C@@H](NC(=O)OC[C@@H]2CCCO2)C(Cl)(Cl)Cl)cc1[N+](=O)[O-]. The molecular formula is C15H18Cl3N3O6. The Morgan fingerprint density at radius 1 is 1.48 bits per heavy atom. The smallest absolute Gasteiger partial charge is 0.408 e. The molecule has 12 heteroatoms. The van der Waals surface area contributed by atoms with Crippen LogP contribution in [0.15, 0.2) is 18.2 Å². The molecule has 150 valence electrons. The van der Waals surface area contributed by atoms with E-state index in [1.807, 2.05) is 0 Å². The summed E-state index contributed by atoms with van der Waals surface area (Å²) < 4.78 is 13.4. The third-order valence-electron chi connectivity index (χ3n) is 3.70. The van der Waals surface area contributed by atoms with Crippen LogP contribution in [0.2, 0.25) is 0 Å². The summed E-state index contributed by atoms with van der Waals surface area (Å²) in [5, 5.41) is 16.2. The first-order valence-corrected chi connectivity index (χ1v) is 9.04. The van der Waals surface area contributed by atoms with E-state index in [0.717, 1.165) is 12.8 Å². The molecule has 27 heavy (non-hydrogen) atoms. The van der Waals surface area contributed by atoms with E-state index in [2.05, 4.69) is 10.6 Å². The fraction of sp³-hybridized carbons (Fsp3) is 0.533. The van der Waals surface area contributed by atoms with Gasteiger partial charge in [-0.25, -0.2) is 4.79 Å². The number of ether oxygens (including phenoxy) is 3. The Bertz CT molecular complexity index is 679. The first-order chi connectivity index (χ1) is 12.7. The highest BCUT2D eigenvalue weighted by Crippen LogP contribution is 2.34. The van der Waals surface area contributed by atoms with Crippen LogP contribution in [0.25, 0.3) is 0 Å². The summed E-state index contributed by atoms with van der Waals surface area (Å²) >= 11 is 17.7. The number of methoxy groups -OCH3 is 1. The molecule has 1 aliphatic rings. The average molecular weight is 443 g/mol. The van der Waals surface area contributed by atoms with Gasteiger partial charge in [-0.15, -0.1) is 0 Å². The maximum Gasteiger partial charge on any atom is 0.408 e. The van der Waals surface area contributed by atoms with E-state index >= 15 is 0 Å². The van der Waals surface area contributed by atoms with Gasteiger partial charge in [-0.05, 0) is 25.0 Å². The standard InChI is InChI=1S/C15H18Cl3N3O6/c1-25-12-5-4-9(7-11(12)21(23)24)19-13(15(16,17)18)20-14(22)27-8-10-3-2-6-26-10/h4-5,7,10,13,19H,2-3,6,8H2,1H3,(H,20,22)/t10-,13-/m0/s1. The molecule has 1 aromatic carbocycles. The van der Waals surface area contributed by atoms with Crippen LogP contribution < -0.4 is 15.4 Å². The Morgan fingerprint density at radius 3 is 2.78 bits per heavy atom. The summed E-state index contributed by atoms with van der Waals surface area (Å²) in [7, 11) is 1.31. The van der Waals surface area contributed by atoms with Crippen LogP contribution in [-0.2, 0) is 9.47 Å². The van der Waals surface area contributed by atoms with Gasteiger partial charge in [0.05, 0.1) is 18.1 Å². The summed E-state index contributed by atoms with van der Waals surface area (Å²) in [5.41, 5.74) is -0.0511. The van der Waals surface area contributed by atoms with Crippen molar-refractivity contribution in [3.63, 3.8) is 0 Å². The summed E-state index contributed by atoms with van der Waals surface area (Å²) in [6.07, 6.45) is -0.483. The molecule has 1 fully saturated rings. The van der Waals surface area contributed by atoms with Crippen LogP contribution in [0.4, 0.5) is 16.2 Å². The third kappa shape index (κ3) is 6.46. The summed E-state index contributed by atoms with van der Waals surface area (Å²) in [4.78, 5) is 22.5. The first kappa shape index (κ1) is 21.6. The molecule has 0 bridgehead atoms. The third-order valence-corrected chi connectivity index (χ3v) is 4.36. The van der Waals surface area contributed by atoms with Crippen LogP contribution in [0, 0.1) is 10.1 Å². The van der Waals surface area contributed by atoms with Crippen molar-refractivity contribution in [1.82, 2.24) is 5.32 Å². The Morgan fingerprint density at radius 2 is 2.22 bits per heavy atom. The molecule has 1 amide bonds. The van der Waals surface area contributed by atoms with Crippen molar-refractivity contribution in [2.75, 3.05) is 25.6 Å². The number of hydrogen-bond donors (Lipinski definition) is 2. The van der Waals surface area contributed by atoms with Gasteiger partial charge in [0, 0.05) is 18.4 Å². The second kappa shape index (κ2) is 9.50. The van der Waals surface area contributed by atoms with Crippen molar-refractivity contribution in [3.05, 3.63) is 28.3 Å². The van der Waals surface area contributed by atoms with Crippen molar-refractivity contribution >= 4 is 52.3 Å². The largest absolute Gasteiger partial charge is 0.490 e. The summed E-state index contributed by atoms with van der Waals surface area (Å²) in [6.45, 7) is 0.705. The average Bonchev–Trinajstić information content (AvgIpc) is 3.12. The number of hydrogen-bond acceptors (Lipinski definition) is 7. The highest BCUT2D eigenvalue weighted by atomic mass is 35.6. The molecule has 0 aliphatic carbocycles. The number of nitrogens with one attached hydrogen (secondary N) is 2. The molecule has 1 aromatic rings. The fourth-order valence-corrected chi connectivity index (χ4v) is 2.72. The number of carbonyl (C=O) groups is 1. The number of alkyl halides is 3. The molecule has 0 spiro atoms. The number of benzene rings is 1. The minimum absolute atomic E-state index is 0.0694. The van der Waals surface area contributed by atoms with Crippen molar-refractivity contribution < 1.29 is 23.9 Å². The zero-order valence-electron chi connectivity index (χ0n) is 14.2. The van der Waals surface area contributed by atoms with E-state index in [1.165, 1.54) is 25.3 Å². The molecule has 9 nitrogen and oxygen atoms in total. The van der Waals surface area contributed by atoms with Crippen molar-refractivity contribution in [3.8, 4) is 5.75 Å². The highest BCUT2D eigenvalue weighted by Gasteiger charge is 2.35. The Hall–Kier alpha value is -1.68. The minimum atomic E-state index is -1.96. The number of halogens is 3. The van der Waals surface area contributed by atoms with E-state index in [9.17, 15) is 14.9 Å². The first-order valence-electron chi connectivity index (χ1n) is 7.91. The Kier molecular flexibility index (Phi) is 7.60. The van der Waals surface area contributed by atoms with Crippen LogP contribution in [0.3, 0.4) is 0 Å². The van der Waals surface area contributed by atoms with Gasteiger partial charge in [0.15, 0.2) is 5.75 Å². The normalized spacial score (nSPS) is 17.9. The van der Waals surface area contributed by atoms with Gasteiger partial charge in [0.25, 0.3) is 0 Å². The molecule has 0 radical (unpaired) electrons. The summed E-state index contributed by atoms with van der Waals surface area (Å²) in [5.74, 6) is 0.0694. The number of anilines is 1. The van der Waals surface area contributed by atoms with Gasteiger partial charge >= 0.3 is 11.8 Å². The lowest BCUT2D eigenvalue weighted by molar-refractivity contribution is -0.385. The zero-order chi connectivity index (χ0) is 20.0. The minimum Gasteiger partial charge on any atom is -0.490 e. The highest BCUT2D eigenvalue weighted by molar-refractivity contribution is 6.68. The van der Waals surface area contributed by atoms with Crippen molar-refractivity contribution in [2.24, 2.45) is 0 Å². The molecule has 1 saturated heterocycles. The number of nitrogens with zero attached hydrogens (tertiary/aromatic N) is 1. The molecule has 1 aliphatic heterocycles.